The van der Waals surface area contributed by atoms with E-state index in [2.05, 4.69) is 9.27 Å². The van der Waals surface area contributed by atoms with E-state index in [1.54, 1.807) is 5.38 Å². The van der Waals surface area contributed by atoms with Gasteiger partial charge in [0.15, 0.2) is 0 Å². The molecule has 2 aliphatic heterocycles. The number of nitrogens with two attached hydrogens (primary N) is 1. The number of amides is 1. The van der Waals surface area contributed by atoms with Crippen LogP contribution in [0.2, 0.25) is 0 Å². The Kier molecular flexibility index (Phi) is 4.95. The van der Waals surface area contributed by atoms with Gasteiger partial charge in [-0.2, -0.15) is 4.37 Å². The summed E-state index contributed by atoms with van der Waals surface area (Å²) in [4.78, 5) is 16.8. The van der Waals surface area contributed by atoms with Crippen molar-refractivity contribution in [1.29, 1.82) is 0 Å². The van der Waals surface area contributed by atoms with Gasteiger partial charge >= 0.3 is 0 Å². The molecular weight excluding hydrogens is 300 g/mol. The SMILES string of the molecule is Nc1nscc1C(=O)N1CCC(N2CCCC(CO)C2)CC1. The van der Waals surface area contributed by atoms with Crippen LogP contribution in [0, 0.1) is 5.92 Å². The van der Waals surface area contributed by atoms with Crippen molar-refractivity contribution in [2.24, 2.45) is 5.92 Å². The minimum absolute atomic E-state index is 0.0107. The number of hydrogen-bond donors (Lipinski definition) is 2. The van der Waals surface area contributed by atoms with E-state index in [0.29, 0.717) is 23.3 Å². The monoisotopic (exact) mass is 324 g/mol. The van der Waals surface area contributed by atoms with Crippen molar-refractivity contribution >= 4 is 23.3 Å². The zero-order valence-electron chi connectivity index (χ0n) is 12.8. The molecule has 122 valence electrons. The molecule has 1 aromatic rings. The number of piperidine rings is 2. The fourth-order valence-electron chi connectivity index (χ4n) is 3.59. The molecule has 3 rings (SSSR count). The van der Waals surface area contributed by atoms with E-state index in [1.807, 2.05) is 4.90 Å². The van der Waals surface area contributed by atoms with Crippen molar-refractivity contribution in [2.75, 3.05) is 38.5 Å². The highest BCUT2D eigenvalue weighted by Crippen LogP contribution is 2.25. The quantitative estimate of drug-likeness (QED) is 0.868. The first-order valence-corrected chi connectivity index (χ1v) is 8.86. The molecule has 1 amide bonds. The largest absolute Gasteiger partial charge is 0.396 e. The predicted octanol–water partition coefficient (Wildman–Crippen LogP) is 1.03. The Morgan fingerprint density at radius 3 is 2.77 bits per heavy atom. The van der Waals surface area contributed by atoms with Crippen molar-refractivity contribution in [3.63, 3.8) is 0 Å². The number of nitrogens with zero attached hydrogens (tertiary/aromatic N) is 3. The highest BCUT2D eigenvalue weighted by atomic mass is 32.1. The number of rotatable bonds is 3. The number of aromatic nitrogens is 1. The van der Waals surface area contributed by atoms with Crippen LogP contribution in [0.15, 0.2) is 5.38 Å². The maximum absolute atomic E-state index is 12.4. The van der Waals surface area contributed by atoms with Gasteiger partial charge in [-0.25, -0.2) is 0 Å². The van der Waals surface area contributed by atoms with E-state index >= 15 is 0 Å². The Morgan fingerprint density at radius 1 is 1.36 bits per heavy atom. The molecule has 22 heavy (non-hydrogen) atoms. The Morgan fingerprint density at radius 2 is 2.14 bits per heavy atom. The van der Waals surface area contributed by atoms with Gasteiger partial charge in [0.25, 0.3) is 5.91 Å². The summed E-state index contributed by atoms with van der Waals surface area (Å²) in [6, 6.07) is 0.538. The number of carbonyl (C=O) groups excluding carboxylic acids is 1. The fraction of sp³-hybridized carbons (Fsp3) is 0.733. The second-order valence-corrected chi connectivity index (χ2v) is 6.95. The normalized spacial score (nSPS) is 24.6. The first kappa shape index (κ1) is 15.7. The van der Waals surface area contributed by atoms with E-state index in [1.165, 1.54) is 18.0 Å². The number of aliphatic hydroxyl groups is 1. The number of anilines is 1. The van der Waals surface area contributed by atoms with E-state index in [4.69, 9.17) is 5.73 Å². The molecule has 2 saturated heterocycles. The van der Waals surface area contributed by atoms with Crippen molar-refractivity contribution in [1.82, 2.24) is 14.2 Å². The van der Waals surface area contributed by atoms with Gasteiger partial charge in [0.2, 0.25) is 0 Å². The lowest BCUT2D eigenvalue weighted by atomic mass is 9.94. The molecule has 1 atom stereocenters. The highest BCUT2D eigenvalue weighted by Gasteiger charge is 2.30. The van der Waals surface area contributed by atoms with Crippen molar-refractivity contribution in [2.45, 2.75) is 31.7 Å². The molecule has 2 fully saturated rings. The van der Waals surface area contributed by atoms with Crippen LogP contribution in [0.5, 0.6) is 0 Å². The zero-order chi connectivity index (χ0) is 15.5. The zero-order valence-corrected chi connectivity index (χ0v) is 13.6. The summed E-state index contributed by atoms with van der Waals surface area (Å²) in [6.07, 6.45) is 4.30. The summed E-state index contributed by atoms with van der Waals surface area (Å²) >= 11 is 1.23. The van der Waals surface area contributed by atoms with Crippen LogP contribution in [-0.2, 0) is 0 Å². The summed E-state index contributed by atoms with van der Waals surface area (Å²) < 4.78 is 3.98. The molecule has 0 spiro atoms. The van der Waals surface area contributed by atoms with E-state index in [9.17, 15) is 9.90 Å². The maximum atomic E-state index is 12.4. The molecule has 1 unspecified atom stereocenters. The molecule has 0 aromatic carbocycles. The topological polar surface area (TPSA) is 82.7 Å². The molecule has 0 saturated carbocycles. The van der Waals surface area contributed by atoms with Gasteiger partial charge < -0.3 is 15.7 Å². The van der Waals surface area contributed by atoms with Crippen LogP contribution in [-0.4, -0.2) is 64.0 Å². The summed E-state index contributed by atoms with van der Waals surface area (Å²) in [7, 11) is 0. The lowest BCUT2D eigenvalue weighted by Gasteiger charge is -2.42. The third-order valence-corrected chi connectivity index (χ3v) is 5.55. The van der Waals surface area contributed by atoms with Gasteiger partial charge in [-0.1, -0.05) is 0 Å². The second-order valence-electron chi connectivity index (χ2n) is 6.32. The Hall–Kier alpha value is -1.18. The van der Waals surface area contributed by atoms with Crippen molar-refractivity contribution in [3.05, 3.63) is 10.9 Å². The van der Waals surface area contributed by atoms with E-state index in [0.717, 1.165) is 45.4 Å². The standard InChI is InChI=1S/C15H24N4O2S/c16-14-13(10-22-17-14)15(21)18-6-3-12(4-7-18)19-5-1-2-11(8-19)9-20/h10-12,20H,1-9H2,(H2,16,17). The van der Waals surface area contributed by atoms with Gasteiger partial charge in [0, 0.05) is 37.7 Å². The third kappa shape index (κ3) is 3.26. The summed E-state index contributed by atoms with van der Waals surface area (Å²) in [6.45, 7) is 3.96. The third-order valence-electron chi connectivity index (χ3n) is 4.90. The molecule has 0 radical (unpaired) electrons. The van der Waals surface area contributed by atoms with Crippen LogP contribution in [0.4, 0.5) is 5.82 Å². The molecular formula is C15H24N4O2S. The van der Waals surface area contributed by atoms with Gasteiger partial charge in [-0.3, -0.25) is 9.69 Å². The number of aliphatic hydroxyl groups excluding tert-OH is 1. The van der Waals surface area contributed by atoms with Crippen LogP contribution >= 0.6 is 11.5 Å². The average molecular weight is 324 g/mol. The Labute approximate surface area is 135 Å². The molecule has 2 aliphatic rings. The number of likely N-dealkylation sites (tertiary alicyclic amines) is 2. The highest BCUT2D eigenvalue weighted by molar-refractivity contribution is 7.04. The number of nitrogen functional groups attached to an aromatic ring is 1. The molecule has 7 heteroatoms. The predicted molar refractivity (Wildman–Crippen MR) is 86.8 cm³/mol. The second kappa shape index (κ2) is 6.93. The molecule has 6 nitrogen and oxygen atoms in total. The first-order chi connectivity index (χ1) is 10.7. The molecule has 3 N–H and O–H groups in total. The first-order valence-electron chi connectivity index (χ1n) is 8.03. The molecule has 0 aliphatic carbocycles. The van der Waals surface area contributed by atoms with Crippen LogP contribution in [0.1, 0.15) is 36.0 Å². The van der Waals surface area contributed by atoms with Gasteiger partial charge in [0.05, 0.1) is 5.56 Å². The molecule has 0 bridgehead atoms. The number of hydrogen-bond acceptors (Lipinski definition) is 6. The molecule has 1 aromatic heterocycles. The Balaban J connectivity index is 1.54. The smallest absolute Gasteiger partial charge is 0.258 e. The summed E-state index contributed by atoms with van der Waals surface area (Å²) in [5.74, 6) is 0.778. The van der Waals surface area contributed by atoms with Crippen molar-refractivity contribution < 1.29 is 9.90 Å². The summed E-state index contributed by atoms with van der Waals surface area (Å²) in [5.41, 5.74) is 6.29. The number of carbonyl (C=O) groups is 1. The van der Waals surface area contributed by atoms with Gasteiger partial charge in [0.1, 0.15) is 5.82 Å². The lowest BCUT2D eigenvalue weighted by molar-refractivity contribution is 0.0456. The minimum atomic E-state index is 0.0107. The van der Waals surface area contributed by atoms with Gasteiger partial charge in [-0.15, -0.1) is 0 Å². The lowest BCUT2D eigenvalue weighted by Crippen LogP contribution is -2.50. The van der Waals surface area contributed by atoms with Crippen molar-refractivity contribution in [3.8, 4) is 0 Å². The van der Waals surface area contributed by atoms with Crippen LogP contribution < -0.4 is 5.73 Å². The van der Waals surface area contributed by atoms with Gasteiger partial charge in [-0.05, 0) is 49.7 Å². The van der Waals surface area contributed by atoms with Crippen LogP contribution in [0.25, 0.3) is 0 Å². The molecule has 3 heterocycles. The fourth-order valence-corrected chi connectivity index (χ4v) is 4.18. The average Bonchev–Trinajstić information content (AvgIpc) is 3.00. The van der Waals surface area contributed by atoms with E-state index in [-0.39, 0.29) is 12.5 Å². The maximum Gasteiger partial charge on any atom is 0.258 e. The minimum Gasteiger partial charge on any atom is -0.396 e. The van der Waals surface area contributed by atoms with Crippen LogP contribution in [0.3, 0.4) is 0 Å². The van der Waals surface area contributed by atoms with E-state index < -0.39 is 0 Å². The Bertz CT molecular complexity index is 513. The summed E-state index contributed by atoms with van der Waals surface area (Å²) in [5, 5.41) is 11.1.